The molecule has 0 radical (unpaired) electrons. The fraction of sp³-hybridized carbons (Fsp3) is 0.111. The zero-order valence-electron chi connectivity index (χ0n) is 11.7. The molecule has 1 N–H and O–H groups in total. The second kappa shape index (κ2) is 6.12. The van der Waals surface area contributed by atoms with E-state index in [2.05, 4.69) is 0 Å². The Morgan fingerprint density at radius 3 is 2.38 bits per heavy atom. The maximum absolute atomic E-state index is 10.5. The maximum Gasteiger partial charge on any atom is 0.127 e. The van der Waals surface area contributed by atoms with Crippen molar-refractivity contribution in [1.82, 2.24) is 0 Å². The predicted octanol–water partition coefficient (Wildman–Crippen LogP) is 4.93. The average Bonchev–Trinajstić information content (AvgIpc) is 2.94. The lowest BCUT2D eigenvalue weighted by Crippen LogP contribution is -1.97. The highest BCUT2D eigenvalue weighted by atomic mass is 32.1. The monoisotopic (exact) mass is 296 g/mol. The Morgan fingerprint density at radius 2 is 1.67 bits per heavy atom. The molecule has 0 fully saturated rings. The van der Waals surface area contributed by atoms with Crippen LogP contribution in [-0.2, 0) is 0 Å². The van der Waals surface area contributed by atoms with Crippen molar-refractivity contribution in [2.45, 2.75) is 13.0 Å². The van der Waals surface area contributed by atoms with Crippen molar-refractivity contribution >= 4 is 11.3 Å². The smallest absolute Gasteiger partial charge is 0.127 e. The van der Waals surface area contributed by atoms with E-state index in [0.29, 0.717) is 0 Å². The van der Waals surface area contributed by atoms with Crippen LogP contribution in [0.5, 0.6) is 11.5 Å². The molecule has 0 saturated carbocycles. The molecule has 0 aliphatic heterocycles. The van der Waals surface area contributed by atoms with Gasteiger partial charge in [-0.2, -0.15) is 0 Å². The molecule has 21 heavy (non-hydrogen) atoms. The van der Waals surface area contributed by atoms with Crippen LogP contribution in [0, 0.1) is 6.92 Å². The number of benzene rings is 2. The predicted molar refractivity (Wildman–Crippen MR) is 86.1 cm³/mol. The van der Waals surface area contributed by atoms with Gasteiger partial charge in [0.2, 0.25) is 0 Å². The Balaban J connectivity index is 1.83. The highest BCUT2D eigenvalue weighted by molar-refractivity contribution is 7.12. The van der Waals surface area contributed by atoms with Gasteiger partial charge in [-0.1, -0.05) is 30.3 Å². The van der Waals surface area contributed by atoms with E-state index >= 15 is 0 Å². The summed E-state index contributed by atoms with van der Waals surface area (Å²) in [5.41, 5.74) is 0.838. The molecule has 0 bridgehead atoms. The Bertz CT molecular complexity index is 719. The van der Waals surface area contributed by atoms with Crippen molar-refractivity contribution in [1.29, 1.82) is 0 Å². The van der Waals surface area contributed by atoms with Crippen molar-refractivity contribution < 1.29 is 9.84 Å². The summed E-state index contributed by atoms with van der Waals surface area (Å²) in [5.74, 6) is 1.52. The van der Waals surface area contributed by atoms with Gasteiger partial charge in [0.1, 0.15) is 17.6 Å². The minimum Gasteiger partial charge on any atom is -0.457 e. The van der Waals surface area contributed by atoms with Gasteiger partial charge in [-0.15, -0.1) is 11.3 Å². The molecule has 0 amide bonds. The standard InChI is InChI=1S/C18H16O2S/c1-13-10-11-17(21-13)18(19)14-6-5-9-16(12-14)20-15-7-3-2-4-8-15/h2-12,18-19H,1H3. The van der Waals surface area contributed by atoms with E-state index in [1.165, 1.54) is 4.88 Å². The molecule has 1 heterocycles. The molecule has 2 nitrogen and oxygen atoms in total. The van der Waals surface area contributed by atoms with Crippen LogP contribution >= 0.6 is 11.3 Å². The number of aliphatic hydroxyl groups excluding tert-OH is 1. The first-order valence-corrected chi connectivity index (χ1v) is 7.61. The molecule has 0 aliphatic carbocycles. The SMILES string of the molecule is Cc1ccc(C(O)c2cccc(Oc3ccccc3)c2)s1. The number of aliphatic hydroxyl groups is 1. The van der Waals surface area contributed by atoms with Crippen LogP contribution in [0.2, 0.25) is 0 Å². The molecule has 106 valence electrons. The molecule has 3 rings (SSSR count). The fourth-order valence-electron chi connectivity index (χ4n) is 2.14. The molecule has 2 aromatic carbocycles. The molecule has 0 aliphatic rings. The number of para-hydroxylation sites is 1. The third-order valence-electron chi connectivity index (χ3n) is 3.18. The normalized spacial score (nSPS) is 12.1. The Kier molecular flexibility index (Phi) is 4.04. The molecule has 1 aromatic heterocycles. The van der Waals surface area contributed by atoms with Gasteiger partial charge < -0.3 is 9.84 Å². The first-order chi connectivity index (χ1) is 10.2. The van der Waals surface area contributed by atoms with E-state index < -0.39 is 6.10 Å². The van der Waals surface area contributed by atoms with Gasteiger partial charge in [-0.25, -0.2) is 0 Å². The van der Waals surface area contributed by atoms with E-state index in [9.17, 15) is 5.11 Å². The van der Waals surface area contributed by atoms with Crippen LogP contribution in [0.3, 0.4) is 0 Å². The maximum atomic E-state index is 10.5. The number of aryl methyl sites for hydroxylation is 1. The summed E-state index contributed by atoms with van der Waals surface area (Å²) in [6, 6.07) is 21.2. The van der Waals surface area contributed by atoms with Gasteiger partial charge in [-0.05, 0) is 48.9 Å². The second-order valence-corrected chi connectivity index (χ2v) is 6.16. The van der Waals surface area contributed by atoms with Gasteiger partial charge in [0, 0.05) is 9.75 Å². The molecule has 1 atom stereocenters. The number of thiophene rings is 1. The van der Waals surface area contributed by atoms with E-state index in [1.54, 1.807) is 11.3 Å². The average molecular weight is 296 g/mol. The van der Waals surface area contributed by atoms with Crippen LogP contribution in [0.25, 0.3) is 0 Å². The Labute approximate surface area is 128 Å². The van der Waals surface area contributed by atoms with Crippen molar-refractivity contribution in [3.05, 3.63) is 82.0 Å². The largest absolute Gasteiger partial charge is 0.457 e. The number of hydrogen-bond donors (Lipinski definition) is 1. The minimum atomic E-state index is -0.608. The summed E-state index contributed by atoms with van der Waals surface area (Å²) in [7, 11) is 0. The summed E-state index contributed by atoms with van der Waals surface area (Å²) in [4.78, 5) is 2.14. The zero-order valence-corrected chi connectivity index (χ0v) is 12.5. The van der Waals surface area contributed by atoms with Crippen LogP contribution in [-0.4, -0.2) is 5.11 Å². The van der Waals surface area contributed by atoms with E-state index in [1.807, 2.05) is 73.7 Å². The molecular formula is C18H16O2S. The molecular weight excluding hydrogens is 280 g/mol. The number of hydrogen-bond acceptors (Lipinski definition) is 3. The number of ether oxygens (including phenoxy) is 1. The van der Waals surface area contributed by atoms with Gasteiger partial charge in [0.25, 0.3) is 0 Å². The summed E-state index contributed by atoms with van der Waals surface area (Å²) in [6.07, 6.45) is -0.608. The summed E-state index contributed by atoms with van der Waals surface area (Å²) >= 11 is 1.61. The van der Waals surface area contributed by atoms with E-state index in [0.717, 1.165) is 21.9 Å². The van der Waals surface area contributed by atoms with Gasteiger partial charge >= 0.3 is 0 Å². The lowest BCUT2D eigenvalue weighted by molar-refractivity contribution is 0.224. The topological polar surface area (TPSA) is 29.5 Å². The van der Waals surface area contributed by atoms with Crippen molar-refractivity contribution in [3.63, 3.8) is 0 Å². The second-order valence-electron chi connectivity index (χ2n) is 4.84. The summed E-state index contributed by atoms with van der Waals surface area (Å²) < 4.78 is 5.80. The quantitative estimate of drug-likeness (QED) is 0.739. The van der Waals surface area contributed by atoms with Gasteiger partial charge in [0.05, 0.1) is 0 Å². The van der Waals surface area contributed by atoms with E-state index in [4.69, 9.17) is 4.74 Å². The van der Waals surface area contributed by atoms with Crippen LogP contribution in [0.1, 0.15) is 21.4 Å². The third kappa shape index (κ3) is 3.32. The molecule has 0 spiro atoms. The van der Waals surface area contributed by atoms with Crippen LogP contribution in [0.15, 0.2) is 66.7 Å². The van der Waals surface area contributed by atoms with Crippen molar-refractivity contribution in [3.8, 4) is 11.5 Å². The highest BCUT2D eigenvalue weighted by Gasteiger charge is 2.13. The summed E-state index contributed by atoms with van der Waals surface area (Å²) in [5, 5.41) is 10.5. The van der Waals surface area contributed by atoms with Gasteiger partial charge in [0.15, 0.2) is 0 Å². The highest BCUT2D eigenvalue weighted by Crippen LogP contribution is 2.31. The van der Waals surface area contributed by atoms with Crippen LogP contribution in [0.4, 0.5) is 0 Å². The van der Waals surface area contributed by atoms with Crippen LogP contribution < -0.4 is 4.74 Å². The zero-order chi connectivity index (χ0) is 14.7. The molecule has 3 aromatic rings. The summed E-state index contributed by atoms with van der Waals surface area (Å²) in [6.45, 7) is 2.04. The Hall–Kier alpha value is -2.10. The lowest BCUT2D eigenvalue weighted by atomic mass is 10.1. The van der Waals surface area contributed by atoms with Crippen molar-refractivity contribution in [2.24, 2.45) is 0 Å². The van der Waals surface area contributed by atoms with E-state index in [-0.39, 0.29) is 0 Å². The molecule has 0 saturated heterocycles. The molecule has 3 heteroatoms. The molecule has 1 unspecified atom stereocenters. The third-order valence-corrected chi connectivity index (χ3v) is 4.24. The first kappa shape index (κ1) is 13.9. The first-order valence-electron chi connectivity index (χ1n) is 6.79. The minimum absolute atomic E-state index is 0.608. The Morgan fingerprint density at radius 1 is 0.905 bits per heavy atom. The van der Waals surface area contributed by atoms with Crippen molar-refractivity contribution in [2.75, 3.05) is 0 Å². The fourth-order valence-corrected chi connectivity index (χ4v) is 3.03. The lowest BCUT2D eigenvalue weighted by Gasteiger charge is -2.11. The van der Waals surface area contributed by atoms with Gasteiger partial charge in [-0.3, -0.25) is 0 Å². The number of rotatable bonds is 4.